The Hall–Kier alpha value is -1.05. The fraction of sp³-hybridized carbons (Fsp3) is 0.333. The van der Waals surface area contributed by atoms with Crippen molar-refractivity contribution in [1.29, 1.82) is 0 Å². The molecule has 0 amide bonds. The molecule has 0 atom stereocenters. The summed E-state index contributed by atoms with van der Waals surface area (Å²) >= 11 is 1.65. The molecule has 0 spiro atoms. The number of H-pyrrole nitrogens is 1. The molecule has 0 aliphatic carbocycles. The number of hydrogen-bond donors (Lipinski definition) is 1. The van der Waals surface area contributed by atoms with Gasteiger partial charge in [0.1, 0.15) is 5.75 Å². The molecule has 0 fully saturated rings. The molecule has 25 heavy (non-hydrogen) atoms. The number of hydrogen-bond acceptors (Lipinski definition) is 5. The molecule has 5 nitrogen and oxygen atoms in total. The number of nitrogens with one attached hydrogen (secondary N) is 1. The van der Waals surface area contributed by atoms with Crippen LogP contribution in [0.4, 0.5) is 0 Å². The van der Waals surface area contributed by atoms with Gasteiger partial charge in [-0.3, -0.25) is 4.98 Å². The number of pyridine rings is 1. The van der Waals surface area contributed by atoms with E-state index in [0.29, 0.717) is 13.2 Å². The maximum atomic E-state index is 5.83. The predicted octanol–water partition coefficient (Wildman–Crippen LogP) is 3.33. The van der Waals surface area contributed by atoms with E-state index in [9.17, 15) is 0 Å². The van der Waals surface area contributed by atoms with Crippen molar-refractivity contribution in [2.45, 2.75) is 24.3 Å². The van der Waals surface area contributed by atoms with Crippen LogP contribution in [0.1, 0.15) is 17.7 Å². The van der Waals surface area contributed by atoms with Gasteiger partial charge in [0.25, 0.3) is 0 Å². The van der Waals surface area contributed by atoms with Crippen LogP contribution in [-0.2, 0) is 10.5 Å². The Morgan fingerprint density at radius 2 is 2.00 bits per heavy atom. The summed E-state index contributed by atoms with van der Waals surface area (Å²) in [4.78, 5) is 12.4. The molecule has 0 radical (unpaired) electrons. The number of fused-ring (bicyclic) bond motifs is 1. The van der Waals surface area contributed by atoms with Crippen LogP contribution in [0.2, 0.25) is 0 Å². The molecule has 0 aliphatic rings. The van der Waals surface area contributed by atoms with Crippen LogP contribution in [0, 0.1) is 6.92 Å². The van der Waals surface area contributed by atoms with E-state index in [0.717, 1.165) is 45.4 Å². The van der Waals surface area contributed by atoms with Crippen LogP contribution in [0.5, 0.6) is 5.75 Å². The SMILES string of the molecule is COCCCOc1ccnc(CSc2nc3ccccc3[nH]2)c1C.[NaH]. The first-order valence-electron chi connectivity index (χ1n) is 7.91. The molecule has 2 aromatic heterocycles. The average molecular weight is 367 g/mol. The molecule has 0 saturated carbocycles. The molecule has 3 rings (SSSR count). The fourth-order valence-electron chi connectivity index (χ4n) is 2.38. The molecule has 0 bridgehead atoms. The van der Waals surface area contributed by atoms with E-state index in [1.54, 1.807) is 25.1 Å². The van der Waals surface area contributed by atoms with E-state index in [1.165, 1.54) is 0 Å². The van der Waals surface area contributed by atoms with Crippen LogP contribution in [0.3, 0.4) is 0 Å². The van der Waals surface area contributed by atoms with Crippen molar-refractivity contribution >= 4 is 52.4 Å². The van der Waals surface area contributed by atoms with E-state index >= 15 is 0 Å². The number of nitrogens with zero attached hydrogens (tertiary/aromatic N) is 2. The third-order valence-corrected chi connectivity index (χ3v) is 4.61. The van der Waals surface area contributed by atoms with E-state index in [-0.39, 0.29) is 29.6 Å². The molecule has 0 aliphatic heterocycles. The molecule has 3 aromatic rings. The maximum absolute atomic E-state index is 5.83. The summed E-state index contributed by atoms with van der Waals surface area (Å²) in [6.45, 7) is 3.40. The molecule has 1 aromatic carbocycles. The van der Waals surface area contributed by atoms with E-state index in [2.05, 4.69) is 15.0 Å². The van der Waals surface area contributed by atoms with Crippen molar-refractivity contribution in [2.24, 2.45) is 0 Å². The molecular weight excluding hydrogens is 345 g/mol. The monoisotopic (exact) mass is 367 g/mol. The van der Waals surface area contributed by atoms with Gasteiger partial charge >= 0.3 is 29.6 Å². The first-order valence-corrected chi connectivity index (χ1v) is 8.90. The van der Waals surface area contributed by atoms with Crippen molar-refractivity contribution in [3.8, 4) is 5.75 Å². The van der Waals surface area contributed by atoms with E-state index < -0.39 is 0 Å². The molecule has 2 heterocycles. The Morgan fingerprint density at radius 3 is 2.80 bits per heavy atom. The number of rotatable bonds is 8. The van der Waals surface area contributed by atoms with Crippen molar-refractivity contribution in [3.63, 3.8) is 0 Å². The molecule has 7 heteroatoms. The van der Waals surface area contributed by atoms with Gasteiger partial charge in [0.05, 0.1) is 23.3 Å². The zero-order valence-electron chi connectivity index (χ0n) is 13.9. The standard InChI is InChI=1S/C18H21N3O2S.Na.H/c1-13-16(19-9-8-17(13)23-11-5-10-22-2)12-24-18-20-14-6-3-4-7-15(14)21-18;;/h3-4,6-9H,5,10-12H2,1-2H3,(H,20,21);;. The van der Waals surface area contributed by atoms with Gasteiger partial charge < -0.3 is 14.5 Å². The third-order valence-electron chi connectivity index (χ3n) is 3.72. The van der Waals surface area contributed by atoms with Crippen LogP contribution in [-0.4, -0.2) is 64.8 Å². The van der Waals surface area contributed by atoms with E-state index in [1.807, 2.05) is 37.3 Å². The summed E-state index contributed by atoms with van der Waals surface area (Å²) in [6.07, 6.45) is 2.68. The fourth-order valence-corrected chi connectivity index (χ4v) is 3.29. The first kappa shape index (κ1) is 20.3. The van der Waals surface area contributed by atoms with Crippen molar-refractivity contribution in [3.05, 3.63) is 47.8 Å². The topological polar surface area (TPSA) is 60.0 Å². The predicted molar refractivity (Wildman–Crippen MR) is 104 cm³/mol. The van der Waals surface area contributed by atoms with Crippen LogP contribution < -0.4 is 4.74 Å². The second kappa shape index (κ2) is 10.2. The molecule has 0 unspecified atom stereocenters. The van der Waals surface area contributed by atoms with Gasteiger partial charge in [0, 0.05) is 37.7 Å². The summed E-state index contributed by atoms with van der Waals surface area (Å²) < 4.78 is 10.9. The Bertz CT molecular complexity index is 777. The average Bonchev–Trinajstić information content (AvgIpc) is 3.02. The summed E-state index contributed by atoms with van der Waals surface area (Å²) in [5.74, 6) is 1.64. The number of aromatic nitrogens is 3. The number of aromatic amines is 1. The van der Waals surface area contributed by atoms with Gasteiger partial charge in [-0.2, -0.15) is 0 Å². The van der Waals surface area contributed by atoms with Crippen LogP contribution >= 0.6 is 11.8 Å². The van der Waals surface area contributed by atoms with Gasteiger partial charge in [0.2, 0.25) is 0 Å². The van der Waals surface area contributed by atoms with Gasteiger partial charge in [0.15, 0.2) is 5.16 Å². The zero-order valence-corrected chi connectivity index (χ0v) is 14.7. The normalized spacial score (nSPS) is 10.6. The zero-order chi connectivity index (χ0) is 16.8. The van der Waals surface area contributed by atoms with Crippen molar-refractivity contribution < 1.29 is 9.47 Å². The van der Waals surface area contributed by atoms with Crippen LogP contribution in [0.15, 0.2) is 41.7 Å². The number of benzene rings is 1. The number of para-hydroxylation sites is 2. The third kappa shape index (κ3) is 5.46. The van der Waals surface area contributed by atoms with Crippen molar-refractivity contribution in [2.75, 3.05) is 20.3 Å². The van der Waals surface area contributed by atoms with Crippen molar-refractivity contribution in [1.82, 2.24) is 15.0 Å². The summed E-state index contributed by atoms with van der Waals surface area (Å²) in [5, 5.41) is 0.906. The second-order valence-corrected chi connectivity index (χ2v) is 6.39. The Morgan fingerprint density at radius 1 is 1.16 bits per heavy atom. The number of imidazole rings is 1. The van der Waals surface area contributed by atoms with Gasteiger partial charge in [-0.25, -0.2) is 4.98 Å². The number of ether oxygens (including phenoxy) is 2. The second-order valence-electron chi connectivity index (χ2n) is 5.42. The van der Waals surface area contributed by atoms with Gasteiger partial charge in [-0.1, -0.05) is 23.9 Å². The van der Waals surface area contributed by atoms with E-state index in [4.69, 9.17) is 9.47 Å². The molecule has 1 N–H and O–H groups in total. The van der Waals surface area contributed by atoms with Crippen LogP contribution in [0.25, 0.3) is 11.0 Å². The quantitative estimate of drug-likeness (QED) is 0.376. The summed E-state index contributed by atoms with van der Waals surface area (Å²) in [5.41, 5.74) is 4.14. The number of methoxy groups -OCH3 is 1. The Balaban J connectivity index is 0.00000225. The number of thioether (sulfide) groups is 1. The minimum absolute atomic E-state index is 0. The van der Waals surface area contributed by atoms with Gasteiger partial charge in [-0.05, 0) is 25.1 Å². The minimum atomic E-state index is 0. The molecule has 128 valence electrons. The Labute approximate surface area is 174 Å². The van der Waals surface area contributed by atoms with Gasteiger partial charge in [-0.15, -0.1) is 0 Å². The molecular formula is C18H22N3NaO2S. The Kier molecular flexibility index (Phi) is 8.26. The summed E-state index contributed by atoms with van der Waals surface area (Å²) in [7, 11) is 1.70. The molecule has 0 saturated heterocycles. The first-order chi connectivity index (χ1) is 11.8. The summed E-state index contributed by atoms with van der Waals surface area (Å²) in [6, 6.07) is 9.95.